The molecule has 156 valence electrons. The minimum absolute atomic E-state index is 0.0206. The van der Waals surface area contributed by atoms with E-state index in [0.29, 0.717) is 17.1 Å². The number of anilines is 2. The monoisotopic (exact) mass is 407 g/mol. The first-order chi connectivity index (χ1) is 13.6. The first-order valence-corrected chi connectivity index (χ1v) is 9.44. The molecule has 0 aliphatic carbocycles. The van der Waals surface area contributed by atoms with E-state index in [1.54, 1.807) is 31.3 Å². The van der Waals surface area contributed by atoms with Crippen LogP contribution in [-0.2, 0) is 4.79 Å². The molecule has 1 aromatic heterocycles. The number of aromatic nitrogens is 2. The highest BCUT2D eigenvalue weighted by molar-refractivity contribution is 5.73. The number of hydrogen-bond acceptors (Lipinski definition) is 5. The van der Waals surface area contributed by atoms with Gasteiger partial charge in [-0.15, -0.1) is 0 Å². The molecule has 1 aromatic carbocycles. The van der Waals surface area contributed by atoms with E-state index in [-0.39, 0.29) is 17.6 Å². The quantitative estimate of drug-likeness (QED) is 0.755. The lowest BCUT2D eigenvalue weighted by atomic mass is 10.0. The van der Waals surface area contributed by atoms with Crippen LogP contribution in [0.15, 0.2) is 24.3 Å². The summed E-state index contributed by atoms with van der Waals surface area (Å²) in [6, 6.07) is 6.74. The normalized spacial score (nSPS) is 15.3. The van der Waals surface area contributed by atoms with Gasteiger partial charge in [0.2, 0.25) is 5.91 Å². The van der Waals surface area contributed by atoms with Crippen LogP contribution in [0.3, 0.4) is 0 Å². The summed E-state index contributed by atoms with van der Waals surface area (Å²) < 4.78 is 37.8. The van der Waals surface area contributed by atoms with Crippen molar-refractivity contribution in [2.45, 2.75) is 46.0 Å². The molecule has 0 bridgehead atoms. The molecular formula is C20H24F3N5O. The molecule has 9 heteroatoms. The van der Waals surface area contributed by atoms with Crippen LogP contribution in [0.2, 0.25) is 0 Å². The number of carbonyl (C=O) groups excluding carboxylic acids is 1. The average Bonchev–Trinajstić information content (AvgIpc) is 2.62. The summed E-state index contributed by atoms with van der Waals surface area (Å²) in [4.78, 5) is 22.4. The number of nitrogens with zero attached hydrogens (tertiary/aromatic N) is 3. The minimum Gasteiger partial charge on any atom is -0.356 e. The van der Waals surface area contributed by atoms with Crippen LogP contribution in [-0.4, -0.2) is 41.3 Å². The molecule has 1 fully saturated rings. The topological polar surface area (TPSA) is 70.2 Å². The molecule has 1 aliphatic rings. The van der Waals surface area contributed by atoms with E-state index in [1.165, 1.54) is 13.0 Å². The van der Waals surface area contributed by atoms with Crippen molar-refractivity contribution in [1.29, 1.82) is 0 Å². The van der Waals surface area contributed by atoms with Gasteiger partial charge >= 0.3 is 6.30 Å². The Morgan fingerprint density at radius 2 is 1.83 bits per heavy atom. The molecule has 2 aromatic rings. The van der Waals surface area contributed by atoms with E-state index >= 15 is 0 Å². The van der Waals surface area contributed by atoms with Gasteiger partial charge in [0.1, 0.15) is 11.6 Å². The first kappa shape index (κ1) is 20.9. The van der Waals surface area contributed by atoms with Crippen LogP contribution < -0.4 is 15.5 Å². The third-order valence-electron chi connectivity index (χ3n) is 4.85. The second-order valence-electron chi connectivity index (χ2n) is 7.27. The Bertz CT molecular complexity index is 892. The Hall–Kier alpha value is -2.84. The van der Waals surface area contributed by atoms with Gasteiger partial charge in [0.25, 0.3) is 0 Å². The van der Waals surface area contributed by atoms with Gasteiger partial charge in [0, 0.05) is 43.4 Å². The number of amides is 1. The van der Waals surface area contributed by atoms with Gasteiger partial charge < -0.3 is 10.2 Å². The number of nitrogens with one attached hydrogen (secondary N) is 2. The van der Waals surface area contributed by atoms with Crippen LogP contribution in [0.1, 0.15) is 31.2 Å². The van der Waals surface area contributed by atoms with E-state index in [1.807, 2.05) is 6.07 Å². The third kappa shape index (κ3) is 5.58. The van der Waals surface area contributed by atoms with Crippen molar-refractivity contribution in [3.8, 4) is 11.3 Å². The lowest BCUT2D eigenvalue weighted by molar-refractivity contribution is -0.119. The summed E-state index contributed by atoms with van der Waals surface area (Å²) in [6.07, 6.45) is -2.82. The van der Waals surface area contributed by atoms with E-state index in [4.69, 9.17) is 0 Å². The molecule has 1 amide bonds. The van der Waals surface area contributed by atoms with Gasteiger partial charge in [0.15, 0.2) is 0 Å². The van der Waals surface area contributed by atoms with Gasteiger partial charge in [-0.3, -0.25) is 10.1 Å². The lowest BCUT2D eigenvalue weighted by Gasteiger charge is -2.33. The van der Waals surface area contributed by atoms with E-state index in [9.17, 15) is 18.0 Å². The molecular weight excluding hydrogens is 383 g/mol. The second kappa shape index (κ2) is 8.26. The number of alkyl halides is 3. The SMILES string of the molecule is CC(=O)NC1CCN(c2cc(-c3ccc(NC(F)(F)F)c(C)c3)nc(C)n2)CC1. The van der Waals surface area contributed by atoms with Gasteiger partial charge in [-0.25, -0.2) is 9.97 Å². The van der Waals surface area contributed by atoms with E-state index in [2.05, 4.69) is 20.2 Å². The Labute approximate surface area is 167 Å². The molecule has 3 rings (SSSR count). The van der Waals surface area contributed by atoms with Crippen LogP contribution in [0.5, 0.6) is 0 Å². The fourth-order valence-electron chi connectivity index (χ4n) is 3.52. The van der Waals surface area contributed by atoms with Gasteiger partial charge in [-0.2, -0.15) is 13.2 Å². The number of carbonyl (C=O) groups is 1. The molecule has 6 nitrogen and oxygen atoms in total. The molecule has 1 saturated heterocycles. The minimum atomic E-state index is -4.48. The van der Waals surface area contributed by atoms with Crippen LogP contribution in [0, 0.1) is 13.8 Å². The summed E-state index contributed by atoms with van der Waals surface area (Å²) in [5, 5.41) is 4.49. The van der Waals surface area contributed by atoms with Gasteiger partial charge in [-0.1, -0.05) is 6.07 Å². The summed E-state index contributed by atoms with van der Waals surface area (Å²) in [5.74, 6) is 1.35. The van der Waals surface area contributed by atoms with Crippen molar-refractivity contribution in [3.05, 3.63) is 35.7 Å². The summed E-state index contributed by atoms with van der Waals surface area (Å²) >= 11 is 0. The Morgan fingerprint density at radius 1 is 1.14 bits per heavy atom. The molecule has 0 saturated carbocycles. The molecule has 0 atom stereocenters. The Morgan fingerprint density at radius 3 is 2.41 bits per heavy atom. The van der Waals surface area contributed by atoms with Crippen LogP contribution in [0.25, 0.3) is 11.3 Å². The Kier molecular flexibility index (Phi) is 5.95. The molecule has 1 aliphatic heterocycles. The molecule has 0 spiro atoms. The van der Waals surface area contributed by atoms with Crippen molar-refractivity contribution < 1.29 is 18.0 Å². The second-order valence-corrected chi connectivity index (χ2v) is 7.27. The molecule has 2 heterocycles. The maximum atomic E-state index is 12.6. The highest BCUT2D eigenvalue weighted by Crippen LogP contribution is 2.29. The third-order valence-corrected chi connectivity index (χ3v) is 4.85. The van der Waals surface area contributed by atoms with Gasteiger partial charge in [-0.05, 0) is 44.4 Å². The summed E-state index contributed by atoms with van der Waals surface area (Å²) in [5.41, 5.74) is 1.90. The predicted octanol–water partition coefficient (Wildman–Crippen LogP) is 3.80. The van der Waals surface area contributed by atoms with Crippen LogP contribution in [0.4, 0.5) is 24.7 Å². The number of rotatable bonds is 4. The fraction of sp³-hybridized carbons (Fsp3) is 0.450. The average molecular weight is 407 g/mol. The smallest absolute Gasteiger partial charge is 0.356 e. The lowest BCUT2D eigenvalue weighted by Crippen LogP contribution is -2.44. The molecule has 0 radical (unpaired) electrons. The fourth-order valence-corrected chi connectivity index (χ4v) is 3.52. The number of hydrogen-bond donors (Lipinski definition) is 2. The highest BCUT2D eigenvalue weighted by atomic mass is 19.4. The van der Waals surface area contributed by atoms with E-state index < -0.39 is 6.30 Å². The zero-order chi connectivity index (χ0) is 21.2. The van der Waals surface area contributed by atoms with E-state index in [0.717, 1.165) is 37.3 Å². The van der Waals surface area contributed by atoms with Crippen molar-refractivity contribution in [2.75, 3.05) is 23.3 Å². The number of piperidine rings is 1. The summed E-state index contributed by atoms with van der Waals surface area (Å²) in [6.45, 7) is 6.45. The molecule has 0 unspecified atom stereocenters. The van der Waals surface area contributed by atoms with Crippen molar-refractivity contribution in [2.24, 2.45) is 0 Å². The molecule has 2 N–H and O–H groups in total. The maximum Gasteiger partial charge on any atom is 0.482 e. The highest BCUT2D eigenvalue weighted by Gasteiger charge is 2.27. The van der Waals surface area contributed by atoms with Crippen molar-refractivity contribution >= 4 is 17.4 Å². The first-order valence-electron chi connectivity index (χ1n) is 9.44. The number of halogens is 3. The zero-order valence-electron chi connectivity index (χ0n) is 16.6. The van der Waals surface area contributed by atoms with Crippen molar-refractivity contribution in [3.63, 3.8) is 0 Å². The largest absolute Gasteiger partial charge is 0.482 e. The van der Waals surface area contributed by atoms with Crippen LogP contribution >= 0.6 is 0 Å². The number of benzene rings is 1. The standard InChI is InChI=1S/C20H24F3N5O/c1-12-10-15(4-5-17(12)27-20(21,22)23)18-11-19(25-13(2)24-18)28-8-6-16(7-9-28)26-14(3)29/h4-5,10-11,16,27H,6-9H2,1-3H3,(H,26,29). The predicted molar refractivity (Wildman–Crippen MR) is 106 cm³/mol. The number of aryl methyl sites for hydroxylation is 2. The summed E-state index contributed by atoms with van der Waals surface area (Å²) in [7, 11) is 0. The molecule has 29 heavy (non-hydrogen) atoms. The maximum absolute atomic E-state index is 12.6. The Balaban J connectivity index is 1.79. The van der Waals surface area contributed by atoms with Gasteiger partial charge in [0.05, 0.1) is 5.69 Å². The van der Waals surface area contributed by atoms with Crippen molar-refractivity contribution in [1.82, 2.24) is 15.3 Å². The zero-order valence-corrected chi connectivity index (χ0v) is 16.6.